The van der Waals surface area contributed by atoms with Crippen LogP contribution in [0.1, 0.15) is 11.3 Å². The summed E-state index contributed by atoms with van der Waals surface area (Å²) in [7, 11) is 2.10. The molecule has 82 valence electrons. The Morgan fingerprint density at radius 3 is 3.19 bits per heavy atom. The Hall–Kier alpha value is -1.75. The summed E-state index contributed by atoms with van der Waals surface area (Å²) in [4.78, 5) is 11.1. The largest absolute Gasteiger partial charge is 0.353 e. The van der Waals surface area contributed by atoms with Crippen molar-refractivity contribution in [1.82, 2.24) is 20.0 Å². The van der Waals surface area contributed by atoms with Gasteiger partial charge in [-0.3, -0.25) is 0 Å². The van der Waals surface area contributed by atoms with E-state index < -0.39 is 0 Å². The second-order valence-corrected chi connectivity index (χ2v) is 4.03. The lowest BCUT2D eigenvalue weighted by atomic mass is 10.1. The molecule has 3 rings (SSSR count). The van der Waals surface area contributed by atoms with Crippen LogP contribution in [0, 0.1) is 0 Å². The molecule has 0 aliphatic carbocycles. The second-order valence-electron chi connectivity index (χ2n) is 4.03. The van der Waals surface area contributed by atoms with Crippen LogP contribution in [0.5, 0.6) is 0 Å². The predicted molar refractivity (Wildman–Crippen MR) is 57.6 cm³/mol. The maximum Gasteiger partial charge on any atom is 0.204 e. The Morgan fingerprint density at radius 1 is 1.44 bits per heavy atom. The zero-order valence-electron chi connectivity index (χ0n) is 9.05. The van der Waals surface area contributed by atoms with E-state index in [1.807, 2.05) is 6.20 Å². The van der Waals surface area contributed by atoms with Crippen LogP contribution in [-0.4, -0.2) is 33.6 Å². The van der Waals surface area contributed by atoms with Gasteiger partial charge in [0.2, 0.25) is 5.76 Å². The molecule has 0 saturated carbocycles. The minimum atomic E-state index is 0.617. The van der Waals surface area contributed by atoms with Gasteiger partial charge < -0.3 is 9.42 Å². The SMILES string of the molecule is CN1CCc2cnc(-c3ccno3)nc2C1. The monoisotopic (exact) mass is 216 g/mol. The number of likely N-dealkylation sites (N-methyl/N-ethyl adjacent to an activating group) is 1. The predicted octanol–water partition coefficient (Wildman–Crippen LogP) is 1.12. The van der Waals surface area contributed by atoms with Gasteiger partial charge in [0, 0.05) is 25.4 Å². The van der Waals surface area contributed by atoms with E-state index in [9.17, 15) is 0 Å². The van der Waals surface area contributed by atoms with Crippen LogP contribution in [0.2, 0.25) is 0 Å². The van der Waals surface area contributed by atoms with Gasteiger partial charge in [-0.05, 0) is 19.0 Å². The molecule has 2 aromatic heterocycles. The molecule has 0 saturated heterocycles. The van der Waals surface area contributed by atoms with Crippen molar-refractivity contribution < 1.29 is 4.52 Å². The second kappa shape index (κ2) is 3.68. The molecule has 0 bridgehead atoms. The van der Waals surface area contributed by atoms with Gasteiger partial charge in [-0.2, -0.15) is 0 Å². The number of fused-ring (bicyclic) bond motifs is 1. The molecule has 16 heavy (non-hydrogen) atoms. The molecule has 3 heterocycles. The van der Waals surface area contributed by atoms with E-state index in [1.165, 1.54) is 5.56 Å². The van der Waals surface area contributed by atoms with Crippen molar-refractivity contribution in [3.05, 3.63) is 29.7 Å². The lowest BCUT2D eigenvalue weighted by Gasteiger charge is -2.23. The Morgan fingerprint density at radius 2 is 2.38 bits per heavy atom. The number of nitrogens with zero attached hydrogens (tertiary/aromatic N) is 4. The molecule has 5 heteroatoms. The fourth-order valence-electron chi connectivity index (χ4n) is 1.88. The first kappa shape index (κ1) is 9.47. The summed E-state index contributed by atoms with van der Waals surface area (Å²) in [6.45, 7) is 1.94. The molecule has 0 aromatic carbocycles. The first-order valence-electron chi connectivity index (χ1n) is 5.27. The van der Waals surface area contributed by atoms with E-state index in [0.29, 0.717) is 11.6 Å². The number of hydrogen-bond donors (Lipinski definition) is 0. The van der Waals surface area contributed by atoms with Gasteiger partial charge in [-0.1, -0.05) is 5.16 Å². The number of aromatic nitrogens is 3. The Balaban J connectivity index is 2.01. The molecular formula is C11H12N4O. The van der Waals surface area contributed by atoms with Crippen LogP contribution >= 0.6 is 0 Å². The molecule has 0 atom stereocenters. The van der Waals surface area contributed by atoms with Crippen molar-refractivity contribution in [2.24, 2.45) is 0 Å². The molecule has 0 N–H and O–H groups in total. The van der Waals surface area contributed by atoms with E-state index in [0.717, 1.165) is 25.2 Å². The maximum atomic E-state index is 5.05. The highest BCUT2D eigenvalue weighted by atomic mass is 16.5. The fourth-order valence-corrected chi connectivity index (χ4v) is 1.88. The average Bonchev–Trinajstić information content (AvgIpc) is 2.81. The van der Waals surface area contributed by atoms with Gasteiger partial charge in [-0.15, -0.1) is 0 Å². The Bertz CT molecular complexity index is 495. The maximum absolute atomic E-state index is 5.05. The third-order valence-electron chi connectivity index (χ3n) is 2.79. The first-order valence-corrected chi connectivity index (χ1v) is 5.27. The normalized spacial score (nSPS) is 16.1. The van der Waals surface area contributed by atoms with E-state index >= 15 is 0 Å². The van der Waals surface area contributed by atoms with E-state index in [1.54, 1.807) is 12.3 Å². The molecule has 1 aliphatic rings. The third-order valence-corrected chi connectivity index (χ3v) is 2.79. The number of rotatable bonds is 1. The summed E-state index contributed by atoms with van der Waals surface area (Å²) in [6, 6.07) is 1.77. The topological polar surface area (TPSA) is 55.1 Å². The van der Waals surface area contributed by atoms with Crippen LogP contribution in [-0.2, 0) is 13.0 Å². The van der Waals surface area contributed by atoms with Gasteiger partial charge in [-0.25, -0.2) is 9.97 Å². The van der Waals surface area contributed by atoms with Crippen molar-refractivity contribution in [2.75, 3.05) is 13.6 Å². The van der Waals surface area contributed by atoms with Crippen LogP contribution in [0.15, 0.2) is 23.0 Å². The molecule has 1 aliphatic heterocycles. The summed E-state index contributed by atoms with van der Waals surface area (Å²) >= 11 is 0. The summed E-state index contributed by atoms with van der Waals surface area (Å²) in [5.74, 6) is 1.24. The standard InChI is InChI=1S/C11H12N4O/c1-15-5-3-8-6-12-11(14-9(8)7-15)10-2-4-13-16-10/h2,4,6H,3,5,7H2,1H3. The molecule has 5 nitrogen and oxygen atoms in total. The highest BCUT2D eigenvalue weighted by molar-refractivity contribution is 5.46. The summed E-state index contributed by atoms with van der Waals surface area (Å²) < 4.78 is 5.05. The molecule has 0 spiro atoms. The van der Waals surface area contributed by atoms with Crippen molar-refractivity contribution in [2.45, 2.75) is 13.0 Å². The first-order chi connectivity index (χ1) is 7.83. The molecule has 0 unspecified atom stereocenters. The molecule has 0 radical (unpaired) electrons. The lowest BCUT2D eigenvalue weighted by Crippen LogP contribution is -2.27. The van der Waals surface area contributed by atoms with Crippen molar-refractivity contribution >= 4 is 0 Å². The minimum absolute atomic E-state index is 0.617. The lowest BCUT2D eigenvalue weighted by molar-refractivity contribution is 0.307. The highest BCUT2D eigenvalue weighted by Gasteiger charge is 2.16. The van der Waals surface area contributed by atoms with Crippen LogP contribution in [0.4, 0.5) is 0 Å². The van der Waals surface area contributed by atoms with Crippen molar-refractivity contribution in [1.29, 1.82) is 0 Å². The Labute approximate surface area is 93.1 Å². The number of hydrogen-bond acceptors (Lipinski definition) is 5. The zero-order valence-corrected chi connectivity index (χ0v) is 9.05. The van der Waals surface area contributed by atoms with E-state index in [4.69, 9.17) is 4.52 Å². The van der Waals surface area contributed by atoms with Crippen molar-refractivity contribution in [3.63, 3.8) is 0 Å². The van der Waals surface area contributed by atoms with E-state index in [-0.39, 0.29) is 0 Å². The van der Waals surface area contributed by atoms with Crippen LogP contribution < -0.4 is 0 Å². The smallest absolute Gasteiger partial charge is 0.204 e. The molecular weight excluding hydrogens is 204 g/mol. The van der Waals surface area contributed by atoms with E-state index in [2.05, 4.69) is 27.1 Å². The van der Waals surface area contributed by atoms with Gasteiger partial charge in [0.1, 0.15) is 0 Å². The van der Waals surface area contributed by atoms with Gasteiger partial charge in [0.15, 0.2) is 5.82 Å². The van der Waals surface area contributed by atoms with Gasteiger partial charge in [0.05, 0.1) is 11.9 Å². The summed E-state index contributed by atoms with van der Waals surface area (Å²) in [5.41, 5.74) is 2.33. The molecule has 2 aromatic rings. The zero-order chi connectivity index (χ0) is 11.0. The van der Waals surface area contributed by atoms with Gasteiger partial charge in [0.25, 0.3) is 0 Å². The fraction of sp³-hybridized carbons (Fsp3) is 0.364. The molecule has 0 amide bonds. The quantitative estimate of drug-likeness (QED) is 0.715. The Kier molecular flexibility index (Phi) is 2.18. The third kappa shape index (κ3) is 1.59. The minimum Gasteiger partial charge on any atom is -0.353 e. The van der Waals surface area contributed by atoms with Crippen molar-refractivity contribution in [3.8, 4) is 11.6 Å². The average molecular weight is 216 g/mol. The van der Waals surface area contributed by atoms with Gasteiger partial charge >= 0.3 is 0 Å². The highest BCUT2D eigenvalue weighted by Crippen LogP contribution is 2.19. The molecule has 0 fully saturated rings. The van der Waals surface area contributed by atoms with Crippen LogP contribution in [0.3, 0.4) is 0 Å². The summed E-state index contributed by atoms with van der Waals surface area (Å²) in [6.07, 6.45) is 4.51. The van der Waals surface area contributed by atoms with Crippen LogP contribution in [0.25, 0.3) is 11.6 Å². The summed E-state index contributed by atoms with van der Waals surface area (Å²) in [5, 5.41) is 3.66.